The highest BCUT2D eigenvalue weighted by molar-refractivity contribution is 6.03. The first kappa shape index (κ1) is 26.8. The van der Waals surface area contributed by atoms with E-state index >= 15 is 0 Å². The number of anilines is 1. The number of fused-ring (bicyclic) bond motifs is 1. The Kier molecular flexibility index (Phi) is 7.03. The number of hydrogen-bond donors (Lipinski definition) is 2. The summed E-state index contributed by atoms with van der Waals surface area (Å²) in [5.41, 5.74) is 1.63. The van der Waals surface area contributed by atoms with E-state index in [1.165, 1.54) is 12.0 Å². The minimum atomic E-state index is -1.17. The number of ether oxygens (including phenoxy) is 1. The summed E-state index contributed by atoms with van der Waals surface area (Å²) in [6, 6.07) is 16.4. The summed E-state index contributed by atoms with van der Waals surface area (Å²) in [5, 5.41) is 6.28. The summed E-state index contributed by atoms with van der Waals surface area (Å²) >= 11 is 0. The minimum Gasteiger partial charge on any atom is -0.359 e. The van der Waals surface area contributed by atoms with Crippen molar-refractivity contribution >= 4 is 23.4 Å². The van der Waals surface area contributed by atoms with E-state index in [1.54, 1.807) is 4.90 Å². The van der Waals surface area contributed by atoms with Crippen LogP contribution in [0.15, 0.2) is 66.7 Å². The Labute approximate surface area is 236 Å². The SMILES string of the molecule is CC(C)c1ccc(NC(=O)[C@H]2[C@H]3C=C[C@]4(O3)[C@H](C(=O)NC3CCCCC3)N([C@@H](C)c3ccccc3)C(=O)[C@@H]24)cc1. The van der Waals surface area contributed by atoms with Crippen LogP contribution in [-0.4, -0.2) is 46.4 Å². The molecule has 3 fully saturated rings. The van der Waals surface area contributed by atoms with Gasteiger partial charge in [0.2, 0.25) is 17.7 Å². The Hall–Kier alpha value is -3.45. The second-order valence-electron chi connectivity index (χ2n) is 12.1. The van der Waals surface area contributed by atoms with Gasteiger partial charge >= 0.3 is 0 Å². The van der Waals surface area contributed by atoms with Crippen molar-refractivity contribution in [3.8, 4) is 0 Å². The van der Waals surface area contributed by atoms with Crippen LogP contribution in [0.3, 0.4) is 0 Å². The van der Waals surface area contributed by atoms with E-state index in [0.717, 1.165) is 31.2 Å². The predicted molar refractivity (Wildman–Crippen MR) is 153 cm³/mol. The topological polar surface area (TPSA) is 87.7 Å². The lowest BCUT2D eigenvalue weighted by atomic mass is 9.74. The molecule has 3 aliphatic heterocycles. The lowest BCUT2D eigenvalue weighted by Crippen LogP contribution is -2.56. The highest BCUT2D eigenvalue weighted by Gasteiger charge is 2.73. The fraction of sp³-hybridized carbons (Fsp3) is 0.485. The monoisotopic (exact) mass is 541 g/mol. The highest BCUT2D eigenvalue weighted by atomic mass is 16.5. The summed E-state index contributed by atoms with van der Waals surface area (Å²) in [7, 11) is 0. The minimum absolute atomic E-state index is 0.0937. The van der Waals surface area contributed by atoms with Gasteiger partial charge in [-0.05, 0) is 48.9 Å². The Morgan fingerprint density at radius 2 is 1.62 bits per heavy atom. The number of nitrogens with one attached hydrogen (secondary N) is 2. The Bertz CT molecular complexity index is 1300. The zero-order valence-corrected chi connectivity index (χ0v) is 23.5. The average molecular weight is 542 g/mol. The van der Waals surface area contributed by atoms with Gasteiger partial charge in [-0.25, -0.2) is 0 Å². The van der Waals surface area contributed by atoms with E-state index in [9.17, 15) is 14.4 Å². The van der Waals surface area contributed by atoms with Gasteiger partial charge in [-0.2, -0.15) is 0 Å². The molecule has 3 heterocycles. The van der Waals surface area contributed by atoms with Crippen LogP contribution in [0.5, 0.6) is 0 Å². The molecule has 6 atom stereocenters. The third kappa shape index (κ3) is 4.44. The number of benzene rings is 2. The smallest absolute Gasteiger partial charge is 0.246 e. The second kappa shape index (κ2) is 10.5. The van der Waals surface area contributed by atoms with E-state index in [1.807, 2.05) is 73.7 Å². The van der Waals surface area contributed by atoms with Crippen molar-refractivity contribution in [3.05, 3.63) is 77.9 Å². The molecule has 7 nitrogen and oxygen atoms in total. The number of likely N-dealkylation sites (tertiary alicyclic amines) is 1. The molecule has 6 rings (SSSR count). The zero-order chi connectivity index (χ0) is 28.0. The van der Waals surface area contributed by atoms with Crippen molar-refractivity contribution in [1.29, 1.82) is 0 Å². The predicted octanol–water partition coefficient (Wildman–Crippen LogP) is 5.11. The third-order valence-electron chi connectivity index (χ3n) is 9.36. The van der Waals surface area contributed by atoms with Crippen LogP contribution < -0.4 is 10.6 Å². The van der Waals surface area contributed by atoms with Gasteiger partial charge in [0.25, 0.3) is 0 Å². The molecule has 210 valence electrons. The number of rotatable bonds is 7. The number of nitrogens with zero attached hydrogens (tertiary/aromatic N) is 1. The molecule has 7 heteroatoms. The van der Waals surface area contributed by atoms with E-state index in [-0.39, 0.29) is 29.8 Å². The maximum atomic E-state index is 14.3. The number of amides is 3. The van der Waals surface area contributed by atoms with Crippen molar-refractivity contribution in [1.82, 2.24) is 10.2 Å². The molecule has 2 aromatic rings. The normalized spacial score (nSPS) is 30.0. The lowest BCUT2D eigenvalue weighted by Gasteiger charge is -2.37. The first-order valence-electron chi connectivity index (χ1n) is 14.8. The van der Waals surface area contributed by atoms with Gasteiger partial charge in [0, 0.05) is 11.7 Å². The van der Waals surface area contributed by atoms with Crippen LogP contribution in [0, 0.1) is 11.8 Å². The highest BCUT2D eigenvalue weighted by Crippen LogP contribution is 2.56. The fourth-order valence-corrected chi connectivity index (χ4v) is 7.22. The summed E-state index contributed by atoms with van der Waals surface area (Å²) < 4.78 is 6.52. The van der Waals surface area contributed by atoms with Crippen molar-refractivity contribution in [2.24, 2.45) is 11.8 Å². The first-order valence-corrected chi connectivity index (χ1v) is 14.8. The summed E-state index contributed by atoms with van der Waals surface area (Å²) in [4.78, 5) is 43.8. The molecule has 1 aliphatic carbocycles. The molecule has 0 unspecified atom stereocenters. The lowest BCUT2D eigenvalue weighted by molar-refractivity contribution is -0.143. The van der Waals surface area contributed by atoms with E-state index < -0.39 is 29.6 Å². The van der Waals surface area contributed by atoms with Gasteiger partial charge in [-0.15, -0.1) is 0 Å². The molecule has 2 aromatic carbocycles. The standard InChI is InChI=1S/C33H39N3O4/c1-20(2)22-14-16-25(17-15-22)34-30(37)27-26-18-19-33(40-26)28(27)32(39)36(21(3)23-10-6-4-7-11-23)29(33)31(38)35-24-12-8-5-9-13-24/h4,6-7,10-11,14-21,24,26-29H,5,8-9,12-13H2,1-3H3,(H,34,37)(H,35,38)/t21-,26+,27-,28+,29-,33+/m0/s1. The van der Waals surface area contributed by atoms with Crippen LogP contribution in [0.1, 0.15) is 76.0 Å². The van der Waals surface area contributed by atoms with Crippen LogP contribution >= 0.6 is 0 Å². The maximum Gasteiger partial charge on any atom is 0.246 e. The number of carbonyl (C=O) groups excluding carboxylic acids is 3. The van der Waals surface area contributed by atoms with Crippen molar-refractivity contribution in [2.75, 3.05) is 5.32 Å². The van der Waals surface area contributed by atoms with Gasteiger partial charge in [-0.1, -0.05) is 87.7 Å². The molecule has 2 bridgehead atoms. The molecule has 1 spiro atoms. The van der Waals surface area contributed by atoms with Crippen molar-refractivity contribution < 1.29 is 19.1 Å². The second-order valence-corrected chi connectivity index (χ2v) is 12.1. The van der Waals surface area contributed by atoms with E-state index in [0.29, 0.717) is 11.6 Å². The van der Waals surface area contributed by atoms with Gasteiger partial charge in [-0.3, -0.25) is 14.4 Å². The Morgan fingerprint density at radius 1 is 0.925 bits per heavy atom. The number of hydrogen-bond acceptors (Lipinski definition) is 4. The molecule has 2 N–H and O–H groups in total. The van der Waals surface area contributed by atoms with Crippen LogP contribution in [-0.2, 0) is 19.1 Å². The molecular formula is C33H39N3O4. The number of carbonyl (C=O) groups is 3. The fourth-order valence-electron chi connectivity index (χ4n) is 7.22. The summed E-state index contributed by atoms with van der Waals surface area (Å²) in [5.74, 6) is -1.76. The molecule has 1 saturated carbocycles. The molecule has 2 saturated heterocycles. The van der Waals surface area contributed by atoms with Crippen molar-refractivity contribution in [3.63, 3.8) is 0 Å². The third-order valence-corrected chi connectivity index (χ3v) is 9.36. The van der Waals surface area contributed by atoms with Gasteiger partial charge < -0.3 is 20.3 Å². The molecule has 40 heavy (non-hydrogen) atoms. The zero-order valence-electron chi connectivity index (χ0n) is 23.5. The maximum absolute atomic E-state index is 14.3. The van der Waals surface area contributed by atoms with Gasteiger partial charge in [0.1, 0.15) is 11.6 Å². The molecule has 0 aromatic heterocycles. The quantitative estimate of drug-likeness (QED) is 0.477. The molecule has 0 radical (unpaired) electrons. The Morgan fingerprint density at radius 3 is 2.30 bits per heavy atom. The van der Waals surface area contributed by atoms with Gasteiger partial charge in [0.05, 0.1) is 24.0 Å². The van der Waals surface area contributed by atoms with E-state index in [2.05, 4.69) is 24.5 Å². The van der Waals surface area contributed by atoms with Crippen LogP contribution in [0.2, 0.25) is 0 Å². The van der Waals surface area contributed by atoms with Gasteiger partial charge in [0.15, 0.2) is 0 Å². The van der Waals surface area contributed by atoms with E-state index in [4.69, 9.17) is 4.74 Å². The summed E-state index contributed by atoms with van der Waals surface area (Å²) in [6.07, 6.45) is 8.44. The summed E-state index contributed by atoms with van der Waals surface area (Å²) in [6.45, 7) is 6.20. The van der Waals surface area contributed by atoms with Crippen LogP contribution in [0.25, 0.3) is 0 Å². The molecule has 4 aliphatic rings. The average Bonchev–Trinajstić information content (AvgIpc) is 3.61. The first-order chi connectivity index (χ1) is 19.3. The molecule has 3 amide bonds. The van der Waals surface area contributed by atoms with Crippen LogP contribution in [0.4, 0.5) is 5.69 Å². The Balaban J connectivity index is 1.32. The largest absolute Gasteiger partial charge is 0.359 e. The van der Waals surface area contributed by atoms with Crippen molar-refractivity contribution in [2.45, 2.75) is 88.6 Å². The molecular weight excluding hydrogens is 502 g/mol.